The number of nitrogens with one attached hydrogen (secondary N) is 1. The fourth-order valence-electron chi connectivity index (χ4n) is 2.15. The molecular formula is C13H24N2O2. The van der Waals surface area contributed by atoms with Crippen LogP contribution in [0.4, 0.5) is 0 Å². The van der Waals surface area contributed by atoms with Gasteiger partial charge in [0.25, 0.3) is 0 Å². The SMILES string of the molecule is CCCCCCCCN1C(=O)CNC(=O)C1C. The maximum absolute atomic E-state index is 11.6. The Balaban J connectivity index is 2.20. The van der Waals surface area contributed by atoms with Crippen molar-refractivity contribution < 1.29 is 9.59 Å². The van der Waals surface area contributed by atoms with Crippen molar-refractivity contribution in [2.24, 2.45) is 0 Å². The molecule has 98 valence electrons. The molecule has 4 nitrogen and oxygen atoms in total. The Hall–Kier alpha value is -1.06. The van der Waals surface area contributed by atoms with Crippen molar-refractivity contribution in [3.63, 3.8) is 0 Å². The summed E-state index contributed by atoms with van der Waals surface area (Å²) in [4.78, 5) is 24.8. The standard InChI is InChI=1S/C13H24N2O2/c1-3-4-5-6-7-8-9-15-11(2)13(17)14-10-12(15)16/h11H,3-10H2,1-2H3,(H,14,17). The number of unbranched alkanes of at least 4 members (excludes halogenated alkanes) is 5. The first-order valence-corrected chi connectivity index (χ1v) is 6.74. The van der Waals surface area contributed by atoms with Gasteiger partial charge in [0.2, 0.25) is 11.8 Å². The highest BCUT2D eigenvalue weighted by Crippen LogP contribution is 2.10. The van der Waals surface area contributed by atoms with Gasteiger partial charge in [-0.25, -0.2) is 0 Å². The van der Waals surface area contributed by atoms with E-state index in [0.717, 1.165) is 19.4 Å². The number of hydrogen-bond acceptors (Lipinski definition) is 2. The Labute approximate surface area is 104 Å². The summed E-state index contributed by atoms with van der Waals surface area (Å²) < 4.78 is 0. The maximum atomic E-state index is 11.6. The van der Waals surface area contributed by atoms with E-state index < -0.39 is 0 Å². The van der Waals surface area contributed by atoms with Crippen LogP contribution in [0.15, 0.2) is 0 Å². The van der Waals surface area contributed by atoms with Crippen LogP contribution in [0.5, 0.6) is 0 Å². The van der Waals surface area contributed by atoms with Gasteiger partial charge in [0, 0.05) is 6.54 Å². The van der Waals surface area contributed by atoms with Gasteiger partial charge in [-0.2, -0.15) is 0 Å². The summed E-state index contributed by atoms with van der Waals surface area (Å²) >= 11 is 0. The molecule has 0 saturated carbocycles. The molecule has 4 heteroatoms. The van der Waals surface area contributed by atoms with Crippen LogP contribution in [0, 0.1) is 0 Å². The van der Waals surface area contributed by atoms with E-state index in [1.807, 2.05) is 0 Å². The van der Waals surface area contributed by atoms with Gasteiger partial charge in [0.1, 0.15) is 6.04 Å². The van der Waals surface area contributed by atoms with Crippen molar-refractivity contribution in [1.82, 2.24) is 10.2 Å². The van der Waals surface area contributed by atoms with Crippen LogP contribution in [0.2, 0.25) is 0 Å². The number of rotatable bonds is 7. The zero-order valence-electron chi connectivity index (χ0n) is 11.0. The molecule has 1 atom stereocenters. The molecule has 1 aliphatic heterocycles. The first kappa shape index (κ1) is 14.0. The quantitative estimate of drug-likeness (QED) is 0.688. The zero-order chi connectivity index (χ0) is 12.7. The fourth-order valence-corrected chi connectivity index (χ4v) is 2.15. The Morgan fingerprint density at radius 1 is 1.18 bits per heavy atom. The average Bonchev–Trinajstić information content (AvgIpc) is 2.32. The van der Waals surface area contributed by atoms with Crippen molar-refractivity contribution >= 4 is 11.8 Å². The third kappa shape index (κ3) is 4.36. The summed E-state index contributed by atoms with van der Waals surface area (Å²) in [5.41, 5.74) is 0. The number of piperazine rings is 1. The van der Waals surface area contributed by atoms with Crippen molar-refractivity contribution in [1.29, 1.82) is 0 Å². The highest BCUT2D eigenvalue weighted by Gasteiger charge is 2.29. The second kappa shape index (κ2) is 7.30. The molecular weight excluding hydrogens is 216 g/mol. The second-order valence-corrected chi connectivity index (χ2v) is 4.75. The largest absolute Gasteiger partial charge is 0.345 e. The van der Waals surface area contributed by atoms with Crippen LogP contribution in [-0.2, 0) is 9.59 Å². The minimum Gasteiger partial charge on any atom is -0.345 e. The van der Waals surface area contributed by atoms with Gasteiger partial charge < -0.3 is 10.2 Å². The van der Waals surface area contributed by atoms with Gasteiger partial charge >= 0.3 is 0 Å². The van der Waals surface area contributed by atoms with Gasteiger partial charge in [0.15, 0.2) is 0 Å². The van der Waals surface area contributed by atoms with Gasteiger partial charge in [0.05, 0.1) is 6.54 Å². The second-order valence-electron chi connectivity index (χ2n) is 4.75. The minimum absolute atomic E-state index is 0.0319. The van der Waals surface area contributed by atoms with Gasteiger partial charge in [-0.05, 0) is 13.3 Å². The lowest BCUT2D eigenvalue weighted by atomic mass is 10.1. The van der Waals surface area contributed by atoms with E-state index >= 15 is 0 Å². The molecule has 0 radical (unpaired) electrons. The Morgan fingerprint density at radius 2 is 1.82 bits per heavy atom. The highest BCUT2D eigenvalue weighted by atomic mass is 16.2. The van der Waals surface area contributed by atoms with Crippen molar-refractivity contribution in [2.75, 3.05) is 13.1 Å². The molecule has 0 aromatic heterocycles. The molecule has 1 fully saturated rings. The first-order valence-electron chi connectivity index (χ1n) is 6.74. The summed E-state index contributed by atoms with van der Waals surface area (Å²) in [7, 11) is 0. The number of carbonyl (C=O) groups is 2. The predicted octanol–water partition coefficient (Wildman–Crippen LogP) is 1.69. The van der Waals surface area contributed by atoms with Gasteiger partial charge in [-0.3, -0.25) is 9.59 Å². The normalized spacial score (nSPS) is 20.6. The van der Waals surface area contributed by atoms with Crippen LogP contribution >= 0.6 is 0 Å². The number of amides is 2. The Kier molecular flexibility index (Phi) is 6.01. The zero-order valence-corrected chi connectivity index (χ0v) is 11.0. The summed E-state index contributed by atoms with van der Waals surface area (Å²) in [6.07, 6.45) is 7.21. The first-order chi connectivity index (χ1) is 8.16. The van der Waals surface area contributed by atoms with Gasteiger partial charge in [-0.15, -0.1) is 0 Å². The molecule has 0 aliphatic carbocycles. The van der Waals surface area contributed by atoms with E-state index in [1.54, 1.807) is 11.8 Å². The molecule has 1 rings (SSSR count). The Bertz CT molecular complexity index is 266. The third-order valence-corrected chi connectivity index (χ3v) is 3.33. The summed E-state index contributed by atoms with van der Waals surface area (Å²) in [6, 6.07) is -0.299. The molecule has 17 heavy (non-hydrogen) atoms. The molecule has 2 amide bonds. The van der Waals surface area contributed by atoms with Crippen LogP contribution in [0.1, 0.15) is 52.4 Å². The summed E-state index contributed by atoms with van der Waals surface area (Å²) in [5.74, 6) is 0.0150. The highest BCUT2D eigenvalue weighted by molar-refractivity contribution is 5.94. The molecule has 1 unspecified atom stereocenters. The lowest BCUT2D eigenvalue weighted by Gasteiger charge is -2.32. The smallest absolute Gasteiger partial charge is 0.242 e. The van der Waals surface area contributed by atoms with E-state index in [1.165, 1.54) is 25.7 Å². The minimum atomic E-state index is -0.299. The third-order valence-electron chi connectivity index (χ3n) is 3.33. The number of carbonyl (C=O) groups excluding carboxylic acids is 2. The van der Waals surface area contributed by atoms with Crippen molar-refractivity contribution in [2.45, 2.75) is 58.4 Å². The molecule has 0 bridgehead atoms. The topological polar surface area (TPSA) is 49.4 Å². The van der Waals surface area contributed by atoms with E-state index in [9.17, 15) is 9.59 Å². The van der Waals surface area contributed by atoms with Crippen LogP contribution in [0.25, 0.3) is 0 Å². The summed E-state index contributed by atoms with van der Waals surface area (Å²) in [6.45, 7) is 4.88. The number of nitrogens with zero attached hydrogens (tertiary/aromatic N) is 1. The summed E-state index contributed by atoms with van der Waals surface area (Å²) in [5, 5.41) is 2.60. The van der Waals surface area contributed by atoms with E-state index in [4.69, 9.17) is 0 Å². The molecule has 0 aromatic carbocycles. The predicted molar refractivity (Wildman–Crippen MR) is 67.6 cm³/mol. The lowest BCUT2D eigenvalue weighted by molar-refractivity contribution is -0.144. The van der Waals surface area contributed by atoms with Crippen LogP contribution in [-0.4, -0.2) is 35.8 Å². The van der Waals surface area contributed by atoms with Crippen molar-refractivity contribution in [3.8, 4) is 0 Å². The monoisotopic (exact) mass is 240 g/mol. The van der Waals surface area contributed by atoms with E-state index in [-0.39, 0.29) is 24.4 Å². The van der Waals surface area contributed by atoms with Gasteiger partial charge in [-0.1, -0.05) is 39.0 Å². The lowest BCUT2D eigenvalue weighted by Crippen LogP contribution is -2.57. The Morgan fingerprint density at radius 3 is 2.53 bits per heavy atom. The molecule has 1 saturated heterocycles. The molecule has 0 aromatic rings. The van der Waals surface area contributed by atoms with Crippen LogP contribution < -0.4 is 5.32 Å². The molecule has 1 heterocycles. The molecule has 1 N–H and O–H groups in total. The van der Waals surface area contributed by atoms with E-state index in [0.29, 0.717) is 0 Å². The molecule has 0 spiro atoms. The van der Waals surface area contributed by atoms with E-state index in [2.05, 4.69) is 12.2 Å². The number of hydrogen-bond donors (Lipinski definition) is 1. The molecule has 1 aliphatic rings. The fraction of sp³-hybridized carbons (Fsp3) is 0.846. The van der Waals surface area contributed by atoms with Crippen LogP contribution in [0.3, 0.4) is 0 Å². The maximum Gasteiger partial charge on any atom is 0.242 e. The van der Waals surface area contributed by atoms with Crippen molar-refractivity contribution in [3.05, 3.63) is 0 Å². The average molecular weight is 240 g/mol.